The van der Waals surface area contributed by atoms with E-state index in [4.69, 9.17) is 5.73 Å². The number of benzene rings is 1. The molecular weight excluding hydrogens is 228 g/mol. The van der Waals surface area contributed by atoms with Crippen molar-refractivity contribution in [2.24, 2.45) is 0 Å². The molecule has 0 aliphatic rings. The second-order valence-corrected chi connectivity index (χ2v) is 3.93. The minimum absolute atomic E-state index is 0.134. The molecule has 0 saturated carbocycles. The highest BCUT2D eigenvalue weighted by molar-refractivity contribution is 5.91. The van der Waals surface area contributed by atoms with Gasteiger partial charge >= 0.3 is 0 Å². The summed E-state index contributed by atoms with van der Waals surface area (Å²) in [5.41, 5.74) is 8.22. The predicted molar refractivity (Wildman–Crippen MR) is 70.0 cm³/mol. The number of nitrogen functional groups attached to an aromatic ring is 1. The summed E-state index contributed by atoms with van der Waals surface area (Å²) >= 11 is 0. The van der Waals surface area contributed by atoms with Gasteiger partial charge in [0.25, 0.3) is 0 Å². The van der Waals surface area contributed by atoms with Crippen molar-refractivity contribution in [2.75, 3.05) is 5.73 Å². The lowest BCUT2D eigenvalue weighted by atomic mass is 10.0. The van der Waals surface area contributed by atoms with Crippen molar-refractivity contribution < 1.29 is 0 Å². The van der Waals surface area contributed by atoms with Gasteiger partial charge in [-0.15, -0.1) is 0 Å². The Morgan fingerprint density at radius 1 is 1.06 bits per heavy atom. The quantitative estimate of drug-likeness (QED) is 0.673. The van der Waals surface area contributed by atoms with Gasteiger partial charge in [0.2, 0.25) is 5.56 Å². The van der Waals surface area contributed by atoms with Gasteiger partial charge in [-0.05, 0) is 29.3 Å². The number of H-pyrrole nitrogens is 1. The first-order valence-corrected chi connectivity index (χ1v) is 5.43. The molecule has 0 radical (unpaired) electrons. The smallest absolute Gasteiger partial charge is 0.248 e. The van der Waals surface area contributed by atoms with Crippen molar-refractivity contribution in [2.45, 2.75) is 0 Å². The van der Waals surface area contributed by atoms with E-state index in [0.717, 1.165) is 22.0 Å². The zero-order valence-electron chi connectivity index (χ0n) is 9.42. The van der Waals surface area contributed by atoms with E-state index in [-0.39, 0.29) is 5.56 Å². The van der Waals surface area contributed by atoms with Crippen LogP contribution in [0, 0.1) is 0 Å². The minimum atomic E-state index is -0.134. The summed E-state index contributed by atoms with van der Waals surface area (Å²) in [6.07, 6.45) is 3.05. The van der Waals surface area contributed by atoms with Crippen molar-refractivity contribution >= 4 is 16.7 Å². The van der Waals surface area contributed by atoms with Crippen molar-refractivity contribution in [3.05, 3.63) is 53.2 Å². The van der Waals surface area contributed by atoms with Crippen LogP contribution in [0.2, 0.25) is 0 Å². The van der Waals surface area contributed by atoms with Crippen LogP contribution in [0.1, 0.15) is 0 Å². The molecule has 0 spiro atoms. The first-order valence-electron chi connectivity index (χ1n) is 5.43. The Labute approximate surface area is 102 Å². The molecule has 88 valence electrons. The first kappa shape index (κ1) is 10.5. The van der Waals surface area contributed by atoms with Gasteiger partial charge < -0.3 is 10.7 Å². The van der Waals surface area contributed by atoms with Crippen LogP contribution in [0.15, 0.2) is 47.7 Å². The zero-order valence-corrected chi connectivity index (χ0v) is 9.42. The lowest BCUT2D eigenvalue weighted by Gasteiger charge is -2.04. The Morgan fingerprint density at radius 2 is 1.89 bits per heavy atom. The lowest BCUT2D eigenvalue weighted by Crippen LogP contribution is -2.02. The third-order valence-electron chi connectivity index (χ3n) is 2.77. The third-order valence-corrected chi connectivity index (χ3v) is 2.77. The molecule has 0 bridgehead atoms. The first-order chi connectivity index (χ1) is 8.74. The van der Waals surface area contributed by atoms with Crippen molar-refractivity contribution in [3.8, 4) is 11.1 Å². The Hall–Kier alpha value is -2.69. The number of hydrogen-bond acceptors (Lipinski definition) is 4. The van der Waals surface area contributed by atoms with Gasteiger partial charge in [-0.25, -0.2) is 9.97 Å². The summed E-state index contributed by atoms with van der Waals surface area (Å²) in [6.45, 7) is 0. The fraction of sp³-hybridized carbons (Fsp3) is 0. The lowest BCUT2D eigenvalue weighted by molar-refractivity contribution is 1.23. The minimum Gasteiger partial charge on any atom is -0.383 e. The molecule has 3 rings (SSSR count). The molecule has 0 saturated heterocycles. The van der Waals surface area contributed by atoms with Gasteiger partial charge in [0.1, 0.15) is 12.1 Å². The monoisotopic (exact) mass is 238 g/mol. The SMILES string of the molecule is Nc1ncnc2ccc(-c3cc[nH]c(=O)c3)cc12. The second-order valence-electron chi connectivity index (χ2n) is 3.93. The molecule has 0 atom stereocenters. The van der Waals surface area contributed by atoms with Crippen molar-refractivity contribution in [3.63, 3.8) is 0 Å². The van der Waals surface area contributed by atoms with Gasteiger partial charge in [0.05, 0.1) is 5.52 Å². The number of pyridine rings is 1. The molecule has 3 aromatic rings. The Balaban J connectivity index is 2.25. The van der Waals surface area contributed by atoms with Gasteiger partial charge in [-0.2, -0.15) is 0 Å². The normalized spacial score (nSPS) is 10.7. The molecule has 2 aromatic heterocycles. The van der Waals surface area contributed by atoms with Crippen LogP contribution in [0.25, 0.3) is 22.0 Å². The maximum absolute atomic E-state index is 11.3. The molecule has 3 N–H and O–H groups in total. The number of aromatic nitrogens is 3. The molecule has 0 fully saturated rings. The van der Waals surface area contributed by atoms with Gasteiger partial charge in [0.15, 0.2) is 0 Å². The van der Waals surface area contributed by atoms with Gasteiger partial charge in [-0.1, -0.05) is 6.07 Å². The Kier molecular flexibility index (Phi) is 2.30. The van der Waals surface area contributed by atoms with Gasteiger partial charge in [0, 0.05) is 17.6 Å². The molecule has 5 nitrogen and oxygen atoms in total. The van der Waals surface area contributed by atoms with Crippen LogP contribution in [0.3, 0.4) is 0 Å². The number of fused-ring (bicyclic) bond motifs is 1. The highest BCUT2D eigenvalue weighted by atomic mass is 16.1. The maximum Gasteiger partial charge on any atom is 0.248 e. The van der Waals surface area contributed by atoms with E-state index in [1.54, 1.807) is 12.3 Å². The molecule has 0 aliphatic carbocycles. The maximum atomic E-state index is 11.3. The van der Waals surface area contributed by atoms with Crippen LogP contribution in [-0.2, 0) is 0 Å². The predicted octanol–water partition coefficient (Wildman–Crippen LogP) is 1.57. The fourth-order valence-electron chi connectivity index (χ4n) is 1.88. The number of rotatable bonds is 1. The molecule has 0 aliphatic heterocycles. The highest BCUT2D eigenvalue weighted by Gasteiger charge is 2.03. The summed E-state index contributed by atoms with van der Waals surface area (Å²) in [5.74, 6) is 0.437. The van der Waals surface area contributed by atoms with E-state index in [1.165, 1.54) is 6.33 Å². The molecule has 2 heterocycles. The molecule has 0 amide bonds. The van der Waals surface area contributed by atoms with Crippen LogP contribution in [0.5, 0.6) is 0 Å². The van der Waals surface area contributed by atoms with Gasteiger partial charge in [-0.3, -0.25) is 4.79 Å². The molecule has 0 unspecified atom stereocenters. The number of nitrogens with one attached hydrogen (secondary N) is 1. The average Bonchev–Trinajstić information content (AvgIpc) is 2.39. The van der Waals surface area contributed by atoms with Crippen LogP contribution >= 0.6 is 0 Å². The van der Waals surface area contributed by atoms with Crippen LogP contribution < -0.4 is 11.3 Å². The van der Waals surface area contributed by atoms with Crippen LogP contribution in [-0.4, -0.2) is 15.0 Å². The Morgan fingerprint density at radius 3 is 2.72 bits per heavy atom. The molecule has 1 aromatic carbocycles. The van der Waals surface area contributed by atoms with E-state index >= 15 is 0 Å². The van der Waals surface area contributed by atoms with Crippen molar-refractivity contribution in [1.29, 1.82) is 0 Å². The van der Waals surface area contributed by atoms with E-state index < -0.39 is 0 Å². The average molecular weight is 238 g/mol. The summed E-state index contributed by atoms with van der Waals surface area (Å²) < 4.78 is 0. The van der Waals surface area contributed by atoms with Crippen LogP contribution in [0.4, 0.5) is 5.82 Å². The number of nitrogens with zero attached hydrogens (tertiary/aromatic N) is 2. The van der Waals surface area contributed by atoms with E-state index in [9.17, 15) is 4.79 Å². The second kappa shape index (κ2) is 3.96. The largest absolute Gasteiger partial charge is 0.383 e. The molecule has 5 heteroatoms. The topological polar surface area (TPSA) is 84.7 Å². The Bertz CT molecular complexity index is 779. The molecular formula is C13H10N4O. The summed E-state index contributed by atoms with van der Waals surface area (Å²) in [5, 5.41) is 0.787. The highest BCUT2D eigenvalue weighted by Crippen LogP contribution is 2.24. The number of hydrogen-bond donors (Lipinski definition) is 2. The number of nitrogens with two attached hydrogens (primary N) is 1. The number of aromatic amines is 1. The fourth-order valence-corrected chi connectivity index (χ4v) is 1.88. The van der Waals surface area contributed by atoms with E-state index in [2.05, 4.69) is 15.0 Å². The number of anilines is 1. The third kappa shape index (κ3) is 1.71. The van der Waals surface area contributed by atoms with Crippen molar-refractivity contribution in [1.82, 2.24) is 15.0 Å². The molecule has 18 heavy (non-hydrogen) atoms. The zero-order chi connectivity index (χ0) is 12.5. The summed E-state index contributed by atoms with van der Waals surface area (Å²) in [6, 6.07) is 9.04. The van der Waals surface area contributed by atoms with E-state index in [0.29, 0.717) is 5.82 Å². The summed E-state index contributed by atoms with van der Waals surface area (Å²) in [4.78, 5) is 22.0. The standard InChI is InChI=1S/C13H10N4O/c14-13-10-5-8(1-2-11(10)16-7-17-13)9-3-4-15-12(18)6-9/h1-7H,(H,15,18)(H2,14,16,17). The summed E-state index contributed by atoms with van der Waals surface area (Å²) in [7, 11) is 0. The van der Waals surface area contributed by atoms with E-state index in [1.807, 2.05) is 24.3 Å².